The molecule has 1 amide bonds. The highest BCUT2D eigenvalue weighted by atomic mass is 16.5. The minimum atomic E-state index is -0.793. The highest BCUT2D eigenvalue weighted by Gasteiger charge is 2.45. The maximum absolute atomic E-state index is 13.1. The van der Waals surface area contributed by atoms with Crippen molar-refractivity contribution in [3.8, 4) is 5.75 Å². The van der Waals surface area contributed by atoms with Crippen LogP contribution >= 0.6 is 0 Å². The summed E-state index contributed by atoms with van der Waals surface area (Å²) in [6.45, 7) is 8.42. The average Bonchev–Trinajstić information content (AvgIpc) is 2.80. The zero-order chi connectivity index (χ0) is 24.3. The van der Waals surface area contributed by atoms with Gasteiger partial charge in [0.05, 0.1) is 17.6 Å². The molecule has 2 atom stereocenters. The summed E-state index contributed by atoms with van der Waals surface area (Å²) in [5.74, 6) is -0.587. The smallest absolute Gasteiger partial charge is 0.307 e. The third kappa shape index (κ3) is 5.59. The third-order valence-electron chi connectivity index (χ3n) is 6.64. The molecule has 2 fully saturated rings. The second-order valence-corrected chi connectivity index (χ2v) is 9.82. The second-order valence-electron chi connectivity index (χ2n) is 9.82. The number of nitrogens with zero attached hydrogens (tertiary/aromatic N) is 2. The van der Waals surface area contributed by atoms with E-state index in [2.05, 4.69) is 17.0 Å². The maximum atomic E-state index is 13.1. The first-order chi connectivity index (χ1) is 16.2. The first kappa shape index (κ1) is 24.2. The number of aryl methyl sites for hydroxylation is 1. The van der Waals surface area contributed by atoms with Crippen molar-refractivity contribution >= 4 is 11.9 Å². The largest absolute Gasteiger partial charge is 0.491 e. The van der Waals surface area contributed by atoms with Gasteiger partial charge in [0, 0.05) is 31.7 Å². The van der Waals surface area contributed by atoms with E-state index in [1.54, 1.807) is 11.0 Å². The molecular formula is C27H34N2O5. The van der Waals surface area contributed by atoms with Gasteiger partial charge in [0.1, 0.15) is 12.5 Å². The van der Waals surface area contributed by atoms with Gasteiger partial charge in [0.25, 0.3) is 5.91 Å². The molecule has 0 radical (unpaired) electrons. The second kappa shape index (κ2) is 10.2. The number of aliphatic carboxylic acids is 1. The van der Waals surface area contributed by atoms with Gasteiger partial charge in [-0.3, -0.25) is 14.5 Å². The van der Waals surface area contributed by atoms with E-state index >= 15 is 0 Å². The molecule has 2 aromatic carbocycles. The Balaban J connectivity index is 1.42. The topological polar surface area (TPSA) is 79.3 Å². The normalized spacial score (nSPS) is 23.3. The molecule has 0 bridgehead atoms. The Labute approximate surface area is 201 Å². The van der Waals surface area contributed by atoms with Gasteiger partial charge in [0.15, 0.2) is 0 Å². The number of rotatable bonds is 6. The van der Waals surface area contributed by atoms with Crippen molar-refractivity contribution < 1.29 is 24.2 Å². The molecule has 0 aliphatic carbocycles. The number of benzene rings is 2. The molecule has 4 rings (SSSR count). The maximum Gasteiger partial charge on any atom is 0.307 e. The van der Waals surface area contributed by atoms with Crippen molar-refractivity contribution in [1.29, 1.82) is 0 Å². The summed E-state index contributed by atoms with van der Waals surface area (Å²) in [5, 5.41) is 9.77. The molecule has 2 heterocycles. The van der Waals surface area contributed by atoms with Gasteiger partial charge in [0.2, 0.25) is 0 Å². The fourth-order valence-electron chi connectivity index (χ4n) is 4.98. The lowest BCUT2D eigenvalue weighted by molar-refractivity contribution is -0.176. The van der Waals surface area contributed by atoms with Gasteiger partial charge in [-0.15, -0.1) is 0 Å². The van der Waals surface area contributed by atoms with Crippen LogP contribution in [-0.2, 0) is 16.1 Å². The van der Waals surface area contributed by atoms with E-state index in [-0.39, 0.29) is 18.7 Å². The third-order valence-corrected chi connectivity index (χ3v) is 6.64. The predicted octanol–water partition coefficient (Wildman–Crippen LogP) is 3.95. The molecular weight excluding hydrogens is 432 g/mol. The molecule has 7 heteroatoms. The number of carboxylic acid groups (broad SMARTS) is 1. The van der Waals surface area contributed by atoms with Crippen LogP contribution in [-0.4, -0.2) is 64.9 Å². The number of carboxylic acids is 1. The molecule has 2 aliphatic heterocycles. The first-order valence-corrected chi connectivity index (χ1v) is 11.9. The molecule has 34 heavy (non-hydrogen) atoms. The molecule has 1 N–H and O–H groups in total. The van der Waals surface area contributed by atoms with Crippen molar-refractivity contribution in [2.45, 2.75) is 51.9 Å². The Bertz CT molecular complexity index is 1010. The Morgan fingerprint density at radius 1 is 1.21 bits per heavy atom. The monoisotopic (exact) mass is 466 g/mol. The first-order valence-electron chi connectivity index (χ1n) is 11.9. The minimum Gasteiger partial charge on any atom is -0.491 e. The van der Waals surface area contributed by atoms with E-state index in [1.807, 2.05) is 51.1 Å². The lowest BCUT2D eigenvalue weighted by Gasteiger charge is -2.49. The van der Waals surface area contributed by atoms with Crippen LogP contribution in [0.2, 0.25) is 0 Å². The number of ether oxygens (including phenoxy) is 2. The number of carbonyl (C=O) groups is 2. The zero-order valence-electron chi connectivity index (χ0n) is 20.2. The predicted molar refractivity (Wildman–Crippen MR) is 129 cm³/mol. The number of hydrogen-bond acceptors (Lipinski definition) is 5. The quantitative estimate of drug-likeness (QED) is 0.695. The summed E-state index contributed by atoms with van der Waals surface area (Å²) >= 11 is 0. The van der Waals surface area contributed by atoms with Gasteiger partial charge in [-0.1, -0.05) is 30.3 Å². The molecule has 1 spiro atoms. The van der Waals surface area contributed by atoms with Crippen molar-refractivity contribution in [3.63, 3.8) is 0 Å². The van der Waals surface area contributed by atoms with E-state index < -0.39 is 17.5 Å². The molecule has 7 nitrogen and oxygen atoms in total. The summed E-state index contributed by atoms with van der Waals surface area (Å²) in [6, 6.07) is 15.6. The molecule has 0 aromatic heterocycles. The number of hydrogen-bond donors (Lipinski definition) is 1. The van der Waals surface area contributed by atoms with Gasteiger partial charge >= 0.3 is 5.97 Å². The summed E-state index contributed by atoms with van der Waals surface area (Å²) < 4.78 is 12.1. The molecule has 2 unspecified atom stereocenters. The SMILES string of the molecule is Cc1cc(C(=O)N2CCC3(CC(C(=O)O)CN(Cc4ccccc4)C3)OC2)ccc1OC(C)C. The van der Waals surface area contributed by atoms with Crippen molar-refractivity contribution in [2.24, 2.45) is 5.92 Å². The van der Waals surface area contributed by atoms with Gasteiger partial charge in [-0.25, -0.2) is 0 Å². The Hall–Kier alpha value is -2.90. The minimum absolute atomic E-state index is 0.0681. The van der Waals surface area contributed by atoms with Gasteiger partial charge in [-0.05, 0) is 62.9 Å². The van der Waals surface area contributed by atoms with Crippen LogP contribution < -0.4 is 4.74 Å². The zero-order valence-corrected chi connectivity index (χ0v) is 20.2. The lowest BCUT2D eigenvalue weighted by atomic mass is 9.82. The fourth-order valence-corrected chi connectivity index (χ4v) is 4.98. The summed E-state index contributed by atoms with van der Waals surface area (Å²) in [7, 11) is 0. The van der Waals surface area contributed by atoms with Crippen molar-refractivity contribution in [1.82, 2.24) is 9.80 Å². The van der Waals surface area contributed by atoms with E-state index in [4.69, 9.17) is 9.47 Å². The van der Waals surface area contributed by atoms with Gasteiger partial charge in [-0.2, -0.15) is 0 Å². The van der Waals surface area contributed by atoms with Gasteiger partial charge < -0.3 is 19.5 Å². The summed E-state index contributed by atoms with van der Waals surface area (Å²) in [4.78, 5) is 28.9. The van der Waals surface area contributed by atoms with Crippen LogP contribution in [0.4, 0.5) is 0 Å². The van der Waals surface area contributed by atoms with E-state index in [0.29, 0.717) is 44.6 Å². The molecule has 2 aromatic rings. The van der Waals surface area contributed by atoms with Crippen LogP contribution in [0.3, 0.4) is 0 Å². The number of piperidine rings is 1. The Morgan fingerprint density at radius 3 is 2.59 bits per heavy atom. The van der Waals surface area contributed by atoms with Crippen LogP contribution in [0.25, 0.3) is 0 Å². The molecule has 2 aliphatic rings. The summed E-state index contributed by atoms with van der Waals surface area (Å²) in [6.07, 6.45) is 1.15. The van der Waals surface area contributed by atoms with Crippen LogP contribution in [0, 0.1) is 12.8 Å². The Morgan fingerprint density at radius 2 is 1.97 bits per heavy atom. The van der Waals surface area contributed by atoms with E-state index in [0.717, 1.165) is 16.9 Å². The van der Waals surface area contributed by atoms with Crippen molar-refractivity contribution in [2.75, 3.05) is 26.4 Å². The highest BCUT2D eigenvalue weighted by molar-refractivity contribution is 5.94. The average molecular weight is 467 g/mol. The summed E-state index contributed by atoms with van der Waals surface area (Å²) in [5.41, 5.74) is 2.11. The van der Waals surface area contributed by atoms with Crippen molar-refractivity contribution in [3.05, 3.63) is 65.2 Å². The highest BCUT2D eigenvalue weighted by Crippen LogP contribution is 2.36. The number of amides is 1. The fraction of sp³-hybridized carbons (Fsp3) is 0.481. The van der Waals surface area contributed by atoms with E-state index in [9.17, 15) is 14.7 Å². The lowest BCUT2D eigenvalue weighted by Crippen LogP contribution is -2.59. The Kier molecular flexibility index (Phi) is 7.24. The van der Waals surface area contributed by atoms with Crippen LogP contribution in [0.1, 0.15) is 48.2 Å². The van der Waals surface area contributed by atoms with E-state index in [1.165, 1.54) is 0 Å². The van der Waals surface area contributed by atoms with Crippen LogP contribution in [0.5, 0.6) is 5.75 Å². The molecule has 2 saturated heterocycles. The van der Waals surface area contributed by atoms with Crippen LogP contribution in [0.15, 0.2) is 48.5 Å². The molecule has 0 saturated carbocycles. The number of likely N-dealkylation sites (tertiary alicyclic amines) is 1. The molecule has 182 valence electrons. The standard InChI is InChI=1S/C27H34N2O5/c1-19(2)34-24-10-9-22(13-20(24)3)25(30)29-12-11-27(33-18-29)14-23(26(31)32)16-28(17-27)15-21-7-5-4-6-8-21/h4-10,13,19,23H,11-12,14-18H2,1-3H3,(H,31,32). The number of carbonyl (C=O) groups excluding carboxylic acids is 1.